The van der Waals surface area contributed by atoms with Crippen molar-refractivity contribution in [3.8, 4) is 11.8 Å². The van der Waals surface area contributed by atoms with Gasteiger partial charge >= 0.3 is 0 Å². The zero-order valence-electron chi connectivity index (χ0n) is 24.9. The molecule has 2 aromatic carbocycles. The van der Waals surface area contributed by atoms with Gasteiger partial charge in [-0.25, -0.2) is 4.98 Å². The summed E-state index contributed by atoms with van der Waals surface area (Å²) in [5, 5.41) is 0. The van der Waals surface area contributed by atoms with Crippen molar-refractivity contribution in [3.05, 3.63) is 94.7 Å². The third-order valence-electron chi connectivity index (χ3n) is 8.30. The molecule has 43 heavy (non-hydrogen) atoms. The van der Waals surface area contributed by atoms with Crippen LogP contribution in [-0.2, 0) is 6.54 Å². The Balaban J connectivity index is 0.00000253. The second kappa shape index (κ2) is 14.9. The third-order valence-corrected chi connectivity index (χ3v) is 8.30. The molecule has 6 heteroatoms. The number of pyridine rings is 1. The van der Waals surface area contributed by atoms with E-state index >= 15 is 0 Å². The predicted molar refractivity (Wildman–Crippen MR) is 183 cm³/mol. The van der Waals surface area contributed by atoms with Gasteiger partial charge in [0.25, 0.3) is 5.91 Å². The van der Waals surface area contributed by atoms with E-state index in [-0.39, 0.29) is 20.8 Å². The van der Waals surface area contributed by atoms with Crippen LogP contribution in [0.15, 0.2) is 61.3 Å². The van der Waals surface area contributed by atoms with Gasteiger partial charge in [-0.15, -0.1) is 5.92 Å². The van der Waals surface area contributed by atoms with Crippen molar-refractivity contribution in [3.63, 3.8) is 0 Å². The van der Waals surface area contributed by atoms with Gasteiger partial charge in [0.2, 0.25) is 0 Å². The summed E-state index contributed by atoms with van der Waals surface area (Å²) in [6.45, 7) is 19.9. The zero-order valence-corrected chi connectivity index (χ0v) is 24.9. The van der Waals surface area contributed by atoms with E-state index in [0.29, 0.717) is 13.1 Å². The lowest BCUT2D eigenvalue weighted by Gasteiger charge is -2.37. The summed E-state index contributed by atoms with van der Waals surface area (Å²) in [5.41, 5.74) is 8.76. The van der Waals surface area contributed by atoms with Crippen LogP contribution in [0.25, 0.3) is 5.57 Å². The molecule has 0 N–H and O–H groups in total. The maximum absolute atomic E-state index is 13.7. The minimum atomic E-state index is 0. The molecule has 0 spiro atoms. The average molecular weight is 580 g/mol. The zero-order chi connectivity index (χ0) is 28.9. The maximum Gasteiger partial charge on any atom is 0.254 e. The number of anilines is 2. The van der Waals surface area contributed by atoms with E-state index in [9.17, 15) is 4.79 Å². The molecule has 2 aliphatic heterocycles. The number of aromatic nitrogens is 1. The molecule has 0 aliphatic carbocycles. The smallest absolute Gasteiger partial charge is 0.254 e. The fourth-order valence-electron chi connectivity index (χ4n) is 5.95. The van der Waals surface area contributed by atoms with Gasteiger partial charge in [-0.3, -0.25) is 9.69 Å². The van der Waals surface area contributed by atoms with Gasteiger partial charge in [0.15, 0.2) is 0 Å². The summed E-state index contributed by atoms with van der Waals surface area (Å²) in [6.07, 6.45) is 1.83. The molecule has 1 aromatic heterocycles. The van der Waals surface area contributed by atoms with Crippen molar-refractivity contribution in [2.75, 3.05) is 62.2 Å². The standard InChI is InChI=1S/C35H41N5O.2CH4/c1-6-10-29-11-7-8-13-33(29)38-17-15-37(16-18-38)25-30-24-32(28(5)23-27(30)4)35(41)40-21-19-39(20-22-40)34-31(26(2)3)12-9-14-36-34;;/h7-9,11-14,23-24H,2,15-22,25H2,1,3-5H3;2*1H4. The first-order valence-electron chi connectivity index (χ1n) is 14.6. The van der Waals surface area contributed by atoms with Crippen LogP contribution >= 0.6 is 0 Å². The van der Waals surface area contributed by atoms with E-state index in [1.165, 1.54) is 16.8 Å². The fraction of sp³-hybridized carbons (Fsp3) is 0.405. The highest BCUT2D eigenvalue weighted by atomic mass is 16.2. The first-order chi connectivity index (χ1) is 19.9. The lowest BCUT2D eigenvalue weighted by molar-refractivity contribution is 0.0745. The van der Waals surface area contributed by atoms with Gasteiger partial charge in [0, 0.05) is 81.8 Å². The molecule has 5 rings (SSSR count). The van der Waals surface area contributed by atoms with Crippen molar-refractivity contribution in [2.45, 2.75) is 49.1 Å². The monoisotopic (exact) mass is 579 g/mol. The Kier molecular flexibility index (Phi) is 11.6. The lowest BCUT2D eigenvalue weighted by atomic mass is 9.98. The number of benzene rings is 2. The highest BCUT2D eigenvalue weighted by Crippen LogP contribution is 2.26. The summed E-state index contributed by atoms with van der Waals surface area (Å²) in [5.74, 6) is 7.38. The van der Waals surface area contributed by atoms with E-state index in [4.69, 9.17) is 0 Å². The van der Waals surface area contributed by atoms with Gasteiger partial charge in [-0.05, 0) is 80.3 Å². The topological polar surface area (TPSA) is 42.9 Å². The van der Waals surface area contributed by atoms with E-state index in [1.54, 1.807) is 0 Å². The van der Waals surface area contributed by atoms with Crippen LogP contribution in [0.5, 0.6) is 0 Å². The fourth-order valence-corrected chi connectivity index (χ4v) is 5.95. The quantitative estimate of drug-likeness (QED) is 0.306. The highest BCUT2D eigenvalue weighted by molar-refractivity contribution is 5.96. The largest absolute Gasteiger partial charge is 0.368 e. The van der Waals surface area contributed by atoms with Crippen molar-refractivity contribution in [2.24, 2.45) is 0 Å². The second-order valence-corrected chi connectivity index (χ2v) is 11.2. The Morgan fingerprint density at radius 3 is 2.21 bits per heavy atom. The number of nitrogens with zero attached hydrogens (tertiary/aromatic N) is 5. The van der Waals surface area contributed by atoms with Crippen LogP contribution in [0.2, 0.25) is 0 Å². The molecule has 2 aliphatic rings. The number of carbonyl (C=O) groups excluding carboxylic acids is 1. The molecule has 2 fully saturated rings. The molecule has 0 saturated carbocycles. The van der Waals surface area contributed by atoms with E-state index < -0.39 is 0 Å². The van der Waals surface area contributed by atoms with Gasteiger partial charge in [-0.2, -0.15) is 0 Å². The van der Waals surface area contributed by atoms with Gasteiger partial charge in [0.1, 0.15) is 5.82 Å². The number of rotatable bonds is 6. The molecule has 0 bridgehead atoms. The van der Waals surface area contributed by atoms with Gasteiger partial charge < -0.3 is 14.7 Å². The number of para-hydroxylation sites is 1. The van der Waals surface area contributed by atoms with Crippen LogP contribution in [0.4, 0.5) is 11.5 Å². The highest BCUT2D eigenvalue weighted by Gasteiger charge is 2.26. The van der Waals surface area contributed by atoms with Crippen LogP contribution < -0.4 is 9.80 Å². The predicted octanol–water partition coefficient (Wildman–Crippen LogP) is 6.66. The molecule has 6 nitrogen and oxygen atoms in total. The molecule has 3 heterocycles. The molecule has 228 valence electrons. The Labute approximate surface area is 260 Å². The first kappa shape index (κ1) is 33.4. The Morgan fingerprint density at radius 2 is 1.53 bits per heavy atom. The van der Waals surface area contributed by atoms with E-state index in [0.717, 1.165) is 79.5 Å². The lowest BCUT2D eigenvalue weighted by Crippen LogP contribution is -2.49. The van der Waals surface area contributed by atoms with Crippen molar-refractivity contribution < 1.29 is 4.79 Å². The Bertz CT molecular complexity index is 1480. The molecule has 1 amide bonds. The van der Waals surface area contributed by atoms with Crippen molar-refractivity contribution in [1.29, 1.82) is 0 Å². The number of aryl methyl sites for hydroxylation is 2. The summed E-state index contributed by atoms with van der Waals surface area (Å²) >= 11 is 0. The molecule has 2 saturated heterocycles. The maximum atomic E-state index is 13.7. The SMILES string of the molecule is C.C.C=C(C)c1cccnc1N1CCN(C(=O)c2cc(CN3CCN(c4ccccc4C#CC)CC3)c(C)cc2C)CC1. The van der Waals surface area contributed by atoms with Crippen LogP contribution in [-0.4, -0.2) is 73.0 Å². The number of allylic oxidation sites excluding steroid dienone is 1. The summed E-state index contributed by atoms with van der Waals surface area (Å²) in [4.78, 5) is 27.6. The van der Waals surface area contributed by atoms with Crippen LogP contribution in [0, 0.1) is 25.7 Å². The number of hydrogen-bond acceptors (Lipinski definition) is 5. The third kappa shape index (κ3) is 7.47. The summed E-state index contributed by atoms with van der Waals surface area (Å²) in [7, 11) is 0. The second-order valence-electron chi connectivity index (χ2n) is 11.2. The molecular weight excluding hydrogens is 530 g/mol. The molecular formula is C37H49N5O. The Hall–Kier alpha value is -4.08. The minimum Gasteiger partial charge on any atom is -0.368 e. The molecule has 0 atom stereocenters. The molecule has 0 radical (unpaired) electrons. The normalized spacial score (nSPS) is 15.1. The summed E-state index contributed by atoms with van der Waals surface area (Å²) < 4.78 is 0. The first-order valence-corrected chi connectivity index (χ1v) is 14.6. The number of hydrogen-bond donors (Lipinski definition) is 0. The van der Waals surface area contributed by atoms with Gasteiger partial charge in [0.05, 0.1) is 5.69 Å². The summed E-state index contributed by atoms with van der Waals surface area (Å²) in [6, 6.07) is 16.8. The number of amides is 1. The van der Waals surface area contributed by atoms with E-state index in [2.05, 4.69) is 94.4 Å². The van der Waals surface area contributed by atoms with Gasteiger partial charge in [-0.1, -0.05) is 45.6 Å². The van der Waals surface area contributed by atoms with Crippen LogP contribution in [0.1, 0.15) is 66.9 Å². The average Bonchev–Trinajstić information content (AvgIpc) is 2.99. The van der Waals surface area contributed by atoms with E-state index in [1.807, 2.05) is 31.0 Å². The van der Waals surface area contributed by atoms with Crippen molar-refractivity contribution >= 4 is 23.0 Å². The number of piperazine rings is 2. The van der Waals surface area contributed by atoms with Crippen LogP contribution in [0.3, 0.4) is 0 Å². The molecule has 0 unspecified atom stereocenters. The Morgan fingerprint density at radius 1 is 0.860 bits per heavy atom. The minimum absolute atomic E-state index is 0. The number of carbonyl (C=O) groups is 1. The molecule has 3 aromatic rings. The van der Waals surface area contributed by atoms with Crippen molar-refractivity contribution in [1.82, 2.24) is 14.8 Å².